The van der Waals surface area contributed by atoms with Gasteiger partial charge in [-0.15, -0.1) is 0 Å². The van der Waals surface area contributed by atoms with E-state index in [9.17, 15) is 4.79 Å². The maximum Gasteiger partial charge on any atom is 0.221 e. The van der Waals surface area contributed by atoms with E-state index in [1.165, 1.54) is 25.7 Å². The molecule has 0 bridgehead atoms. The highest BCUT2D eigenvalue weighted by Crippen LogP contribution is 2.28. The second-order valence-electron chi connectivity index (χ2n) is 5.14. The highest BCUT2D eigenvalue weighted by molar-refractivity contribution is 5.77. The van der Waals surface area contributed by atoms with Crippen LogP contribution in [-0.2, 0) is 4.79 Å². The molecular weight excluding hydrogens is 212 g/mol. The predicted octanol–water partition coefficient (Wildman–Crippen LogP) is 3.16. The maximum absolute atomic E-state index is 11.8. The summed E-state index contributed by atoms with van der Waals surface area (Å²) in [6.07, 6.45) is 8.10. The average Bonchev–Trinajstić information content (AvgIpc) is 2.87. The van der Waals surface area contributed by atoms with Gasteiger partial charge in [-0.3, -0.25) is 4.79 Å². The van der Waals surface area contributed by atoms with Crippen molar-refractivity contribution < 1.29 is 4.79 Å². The van der Waals surface area contributed by atoms with E-state index in [4.69, 9.17) is 5.26 Å². The molecule has 1 amide bonds. The third kappa shape index (κ3) is 4.03. The number of nitrogens with one attached hydrogen (secondary N) is 1. The first-order valence-electron chi connectivity index (χ1n) is 6.88. The van der Waals surface area contributed by atoms with Crippen LogP contribution in [0.3, 0.4) is 0 Å². The summed E-state index contributed by atoms with van der Waals surface area (Å²) in [6.45, 7) is 3.90. The monoisotopic (exact) mass is 236 g/mol. The van der Waals surface area contributed by atoms with Crippen molar-refractivity contribution in [2.75, 3.05) is 0 Å². The summed E-state index contributed by atoms with van der Waals surface area (Å²) < 4.78 is 0. The van der Waals surface area contributed by atoms with Crippen LogP contribution in [0.2, 0.25) is 0 Å². The summed E-state index contributed by atoms with van der Waals surface area (Å²) >= 11 is 0. The molecule has 0 saturated heterocycles. The lowest BCUT2D eigenvalue weighted by atomic mass is 9.94. The Hall–Kier alpha value is -1.04. The van der Waals surface area contributed by atoms with Crippen LogP contribution >= 0.6 is 0 Å². The van der Waals surface area contributed by atoms with Gasteiger partial charge in [-0.25, -0.2) is 0 Å². The van der Waals surface area contributed by atoms with Crippen LogP contribution in [0, 0.1) is 17.2 Å². The van der Waals surface area contributed by atoms with E-state index in [1.807, 2.05) is 13.8 Å². The van der Waals surface area contributed by atoms with Crippen molar-refractivity contribution in [1.82, 2.24) is 5.32 Å². The van der Waals surface area contributed by atoms with Crippen molar-refractivity contribution in [2.45, 2.75) is 70.8 Å². The Kier molecular flexibility index (Phi) is 5.47. The summed E-state index contributed by atoms with van der Waals surface area (Å²) in [4.78, 5) is 11.8. The molecule has 1 fully saturated rings. The third-order valence-electron chi connectivity index (χ3n) is 4.05. The van der Waals surface area contributed by atoms with Crippen molar-refractivity contribution in [2.24, 2.45) is 5.92 Å². The van der Waals surface area contributed by atoms with Gasteiger partial charge in [0.1, 0.15) is 5.54 Å². The molecule has 1 N–H and O–H groups in total. The molecule has 1 saturated carbocycles. The summed E-state index contributed by atoms with van der Waals surface area (Å²) in [5.74, 6) is 0.780. The molecule has 1 aliphatic rings. The molecule has 0 aromatic rings. The van der Waals surface area contributed by atoms with Crippen LogP contribution in [0.15, 0.2) is 0 Å². The Morgan fingerprint density at radius 3 is 2.41 bits per heavy atom. The van der Waals surface area contributed by atoms with Gasteiger partial charge < -0.3 is 5.32 Å². The van der Waals surface area contributed by atoms with Crippen LogP contribution in [0.25, 0.3) is 0 Å². The van der Waals surface area contributed by atoms with Gasteiger partial charge in [-0.2, -0.15) is 5.26 Å². The molecule has 0 radical (unpaired) electrons. The second-order valence-corrected chi connectivity index (χ2v) is 5.14. The first kappa shape index (κ1) is 14.0. The molecule has 0 heterocycles. The molecule has 0 atom stereocenters. The summed E-state index contributed by atoms with van der Waals surface area (Å²) in [5, 5.41) is 12.0. The maximum atomic E-state index is 11.8. The number of carbonyl (C=O) groups is 1. The largest absolute Gasteiger partial charge is 0.338 e. The number of hydrogen-bond acceptors (Lipinski definition) is 2. The van der Waals surface area contributed by atoms with E-state index >= 15 is 0 Å². The van der Waals surface area contributed by atoms with Crippen molar-refractivity contribution in [3.05, 3.63) is 0 Å². The van der Waals surface area contributed by atoms with Crippen molar-refractivity contribution >= 4 is 5.91 Å². The predicted molar refractivity (Wildman–Crippen MR) is 68.3 cm³/mol. The Morgan fingerprint density at radius 2 is 1.94 bits per heavy atom. The third-order valence-corrected chi connectivity index (χ3v) is 4.05. The zero-order valence-corrected chi connectivity index (χ0v) is 11.1. The van der Waals surface area contributed by atoms with Crippen molar-refractivity contribution in [3.63, 3.8) is 0 Å². The minimum atomic E-state index is -0.646. The number of hydrogen-bond donors (Lipinski definition) is 1. The Balaban J connectivity index is 2.34. The Bertz CT molecular complexity index is 283. The molecule has 0 unspecified atom stereocenters. The van der Waals surface area contributed by atoms with Gasteiger partial charge in [0.25, 0.3) is 0 Å². The molecule has 0 aliphatic heterocycles. The molecule has 0 spiro atoms. The number of amides is 1. The minimum Gasteiger partial charge on any atom is -0.338 e. The highest BCUT2D eigenvalue weighted by atomic mass is 16.1. The van der Waals surface area contributed by atoms with Gasteiger partial charge >= 0.3 is 0 Å². The second kappa shape index (κ2) is 6.64. The molecule has 1 aliphatic carbocycles. The standard InChI is InChI=1S/C14H24N2O/c1-3-14(4-2,11-15)16-13(17)10-9-12-7-5-6-8-12/h12H,3-10H2,1-2H3,(H,16,17). The van der Waals surface area contributed by atoms with Crippen LogP contribution in [0.4, 0.5) is 0 Å². The molecule has 3 nitrogen and oxygen atoms in total. The topological polar surface area (TPSA) is 52.9 Å². The lowest BCUT2D eigenvalue weighted by Crippen LogP contribution is -2.46. The fraction of sp³-hybridized carbons (Fsp3) is 0.857. The molecule has 17 heavy (non-hydrogen) atoms. The van der Waals surface area contributed by atoms with E-state index in [-0.39, 0.29) is 5.91 Å². The molecule has 96 valence electrons. The minimum absolute atomic E-state index is 0.0437. The zero-order chi connectivity index (χ0) is 12.7. The van der Waals surface area contributed by atoms with E-state index in [2.05, 4.69) is 11.4 Å². The van der Waals surface area contributed by atoms with Crippen LogP contribution in [0.1, 0.15) is 65.2 Å². The summed E-state index contributed by atoms with van der Waals surface area (Å²) in [6, 6.07) is 2.24. The number of nitriles is 1. The molecule has 0 aromatic carbocycles. The average molecular weight is 236 g/mol. The summed E-state index contributed by atoms with van der Waals surface area (Å²) in [5.41, 5.74) is -0.646. The van der Waals surface area contributed by atoms with Crippen molar-refractivity contribution in [3.8, 4) is 6.07 Å². The molecule has 3 heteroatoms. The van der Waals surface area contributed by atoms with Gasteiger partial charge in [-0.05, 0) is 25.2 Å². The van der Waals surface area contributed by atoms with Gasteiger partial charge in [0.05, 0.1) is 6.07 Å². The number of rotatable bonds is 6. The Morgan fingerprint density at radius 1 is 1.35 bits per heavy atom. The number of nitrogens with zero attached hydrogens (tertiary/aromatic N) is 1. The van der Waals surface area contributed by atoms with E-state index < -0.39 is 5.54 Å². The zero-order valence-electron chi connectivity index (χ0n) is 11.1. The van der Waals surface area contributed by atoms with Gasteiger partial charge in [0, 0.05) is 6.42 Å². The number of carbonyl (C=O) groups excluding carboxylic acids is 1. The summed E-state index contributed by atoms with van der Waals surface area (Å²) in [7, 11) is 0. The molecule has 1 rings (SSSR count). The normalized spacial score (nSPS) is 16.8. The van der Waals surface area contributed by atoms with Gasteiger partial charge in [-0.1, -0.05) is 39.5 Å². The lowest BCUT2D eigenvalue weighted by molar-refractivity contribution is -0.122. The van der Waals surface area contributed by atoms with Crippen LogP contribution in [0.5, 0.6) is 0 Å². The van der Waals surface area contributed by atoms with E-state index in [0.29, 0.717) is 19.3 Å². The first-order chi connectivity index (χ1) is 8.15. The SMILES string of the molecule is CCC(C#N)(CC)NC(=O)CCC1CCCC1. The van der Waals surface area contributed by atoms with Gasteiger partial charge in [0.15, 0.2) is 0 Å². The highest BCUT2D eigenvalue weighted by Gasteiger charge is 2.27. The molecular formula is C14H24N2O. The van der Waals surface area contributed by atoms with Gasteiger partial charge in [0.2, 0.25) is 5.91 Å². The smallest absolute Gasteiger partial charge is 0.221 e. The fourth-order valence-electron chi connectivity index (χ4n) is 2.58. The van der Waals surface area contributed by atoms with Crippen LogP contribution < -0.4 is 5.32 Å². The molecule has 0 aromatic heterocycles. The fourth-order valence-corrected chi connectivity index (χ4v) is 2.58. The van der Waals surface area contributed by atoms with E-state index in [0.717, 1.165) is 12.3 Å². The van der Waals surface area contributed by atoms with Crippen molar-refractivity contribution in [1.29, 1.82) is 5.26 Å². The lowest BCUT2D eigenvalue weighted by Gasteiger charge is -2.25. The van der Waals surface area contributed by atoms with Crippen LogP contribution in [-0.4, -0.2) is 11.4 Å². The van der Waals surface area contributed by atoms with E-state index in [1.54, 1.807) is 0 Å². The Labute approximate surface area is 105 Å². The first-order valence-corrected chi connectivity index (χ1v) is 6.88. The quantitative estimate of drug-likeness (QED) is 0.770.